The highest BCUT2D eigenvalue weighted by Crippen LogP contribution is 2.21. The third-order valence-corrected chi connectivity index (χ3v) is 2.64. The molecule has 2 nitrogen and oxygen atoms in total. The molecule has 0 radical (unpaired) electrons. The number of halogens is 1. The van der Waals surface area contributed by atoms with E-state index in [1.165, 1.54) is 6.07 Å². The topological polar surface area (TPSA) is 25.2 Å². The predicted molar refractivity (Wildman–Crippen MR) is 58.4 cm³/mol. The summed E-state index contributed by atoms with van der Waals surface area (Å²) in [6.07, 6.45) is 2.26. The maximum absolute atomic E-state index is 13.6. The average molecular weight is 207 g/mol. The van der Waals surface area contributed by atoms with Gasteiger partial charge in [0.2, 0.25) is 0 Å². The maximum Gasteiger partial charge on any atom is 0.136 e. The molecular formula is C12H14FNO. The number of nitrogens with one attached hydrogen (secondary N) is 1. The molecule has 0 amide bonds. The fourth-order valence-corrected chi connectivity index (χ4v) is 1.62. The Hall–Kier alpha value is -1.35. The van der Waals surface area contributed by atoms with Gasteiger partial charge in [0, 0.05) is 17.5 Å². The van der Waals surface area contributed by atoms with Crippen LogP contribution >= 0.6 is 0 Å². The monoisotopic (exact) mass is 207 g/mol. The van der Waals surface area contributed by atoms with Crippen molar-refractivity contribution in [3.05, 3.63) is 35.8 Å². The summed E-state index contributed by atoms with van der Waals surface area (Å²) in [5, 5.41) is 4.05. The number of rotatable bonds is 3. The van der Waals surface area contributed by atoms with Crippen LogP contribution in [0.4, 0.5) is 4.39 Å². The lowest BCUT2D eigenvalue weighted by molar-refractivity contribution is 0.560. The number of hydrogen-bond donors (Lipinski definition) is 1. The first-order valence-corrected chi connectivity index (χ1v) is 5.03. The molecule has 0 saturated heterocycles. The summed E-state index contributed by atoms with van der Waals surface area (Å²) in [6.45, 7) is 2.03. The maximum atomic E-state index is 13.6. The van der Waals surface area contributed by atoms with Crippen molar-refractivity contribution in [3.63, 3.8) is 0 Å². The Balaban J connectivity index is 2.37. The molecule has 0 saturated carbocycles. The molecule has 1 atom stereocenters. The highest BCUT2D eigenvalue weighted by atomic mass is 19.1. The molecule has 0 spiro atoms. The molecular weight excluding hydrogens is 193 g/mol. The molecule has 80 valence electrons. The van der Waals surface area contributed by atoms with Crippen LogP contribution in [0.5, 0.6) is 0 Å². The van der Waals surface area contributed by atoms with Crippen LogP contribution < -0.4 is 5.32 Å². The minimum atomic E-state index is -0.195. The first-order valence-electron chi connectivity index (χ1n) is 5.03. The Kier molecular flexibility index (Phi) is 2.73. The second-order valence-electron chi connectivity index (χ2n) is 3.80. The van der Waals surface area contributed by atoms with E-state index in [0.29, 0.717) is 12.0 Å². The number of likely N-dealkylation sites (N-methyl/N-ethyl adjacent to an activating group) is 1. The SMILES string of the molecule is CN[C@@H](C)Cc1cc2ccoc2cc1F. The van der Waals surface area contributed by atoms with E-state index in [2.05, 4.69) is 5.32 Å². The third-order valence-electron chi connectivity index (χ3n) is 2.64. The van der Waals surface area contributed by atoms with E-state index >= 15 is 0 Å². The zero-order chi connectivity index (χ0) is 10.8. The van der Waals surface area contributed by atoms with Crippen molar-refractivity contribution in [2.45, 2.75) is 19.4 Å². The summed E-state index contributed by atoms with van der Waals surface area (Å²) in [4.78, 5) is 0. The van der Waals surface area contributed by atoms with Crippen molar-refractivity contribution in [1.29, 1.82) is 0 Å². The summed E-state index contributed by atoms with van der Waals surface area (Å²) < 4.78 is 18.7. The van der Waals surface area contributed by atoms with Gasteiger partial charge in [-0.2, -0.15) is 0 Å². The van der Waals surface area contributed by atoms with Gasteiger partial charge in [0.15, 0.2) is 0 Å². The van der Waals surface area contributed by atoms with Gasteiger partial charge in [-0.3, -0.25) is 0 Å². The van der Waals surface area contributed by atoms with Gasteiger partial charge in [-0.15, -0.1) is 0 Å². The van der Waals surface area contributed by atoms with Crippen LogP contribution in [-0.4, -0.2) is 13.1 Å². The highest BCUT2D eigenvalue weighted by Gasteiger charge is 2.09. The molecule has 0 aliphatic rings. The first-order chi connectivity index (χ1) is 7.20. The quantitative estimate of drug-likeness (QED) is 0.837. The molecule has 1 aromatic heterocycles. The van der Waals surface area contributed by atoms with Crippen LogP contribution in [-0.2, 0) is 6.42 Å². The van der Waals surface area contributed by atoms with Crippen LogP contribution in [0.15, 0.2) is 28.9 Å². The van der Waals surface area contributed by atoms with Gasteiger partial charge in [-0.25, -0.2) is 4.39 Å². The van der Waals surface area contributed by atoms with E-state index in [1.807, 2.05) is 26.1 Å². The van der Waals surface area contributed by atoms with Crippen molar-refractivity contribution >= 4 is 11.0 Å². The summed E-state index contributed by atoms with van der Waals surface area (Å²) >= 11 is 0. The standard InChI is InChI=1S/C12H14FNO/c1-8(14-2)5-10-6-9-3-4-15-12(9)7-11(10)13/h3-4,6-8,14H,5H2,1-2H3/t8-/m0/s1. The van der Waals surface area contributed by atoms with E-state index in [9.17, 15) is 4.39 Å². The zero-order valence-electron chi connectivity index (χ0n) is 8.88. The number of hydrogen-bond acceptors (Lipinski definition) is 2. The predicted octanol–water partition coefficient (Wildman–Crippen LogP) is 2.72. The number of benzene rings is 1. The molecule has 0 fully saturated rings. The zero-order valence-corrected chi connectivity index (χ0v) is 8.88. The minimum Gasteiger partial charge on any atom is -0.464 e. The Morgan fingerprint density at radius 2 is 2.27 bits per heavy atom. The second kappa shape index (κ2) is 4.03. The molecule has 0 aliphatic carbocycles. The molecule has 0 unspecified atom stereocenters. The molecule has 3 heteroatoms. The van der Waals surface area contributed by atoms with Crippen molar-refractivity contribution < 1.29 is 8.81 Å². The number of furan rings is 1. The van der Waals surface area contributed by atoms with Crippen molar-refractivity contribution in [3.8, 4) is 0 Å². The van der Waals surface area contributed by atoms with Gasteiger partial charge in [0.1, 0.15) is 11.4 Å². The smallest absolute Gasteiger partial charge is 0.136 e. The molecule has 15 heavy (non-hydrogen) atoms. The largest absolute Gasteiger partial charge is 0.464 e. The van der Waals surface area contributed by atoms with Crippen LogP contribution in [0.25, 0.3) is 11.0 Å². The van der Waals surface area contributed by atoms with E-state index < -0.39 is 0 Å². The average Bonchev–Trinajstić information content (AvgIpc) is 2.65. The molecule has 0 aliphatic heterocycles. The Morgan fingerprint density at radius 3 is 3.00 bits per heavy atom. The normalized spacial score (nSPS) is 13.3. The van der Waals surface area contributed by atoms with Gasteiger partial charge in [-0.1, -0.05) is 0 Å². The van der Waals surface area contributed by atoms with Gasteiger partial charge in [-0.05, 0) is 38.1 Å². The first kappa shape index (κ1) is 10.2. The molecule has 2 aromatic rings. The van der Waals surface area contributed by atoms with Gasteiger partial charge in [0.25, 0.3) is 0 Å². The fraction of sp³-hybridized carbons (Fsp3) is 0.333. The van der Waals surface area contributed by atoms with Crippen LogP contribution in [0.3, 0.4) is 0 Å². The van der Waals surface area contributed by atoms with E-state index in [0.717, 1.165) is 10.9 Å². The minimum absolute atomic E-state index is 0.195. The lowest BCUT2D eigenvalue weighted by atomic mass is 10.0. The second-order valence-corrected chi connectivity index (χ2v) is 3.80. The molecule has 0 bridgehead atoms. The molecule has 2 rings (SSSR count). The lowest BCUT2D eigenvalue weighted by Crippen LogP contribution is -2.23. The summed E-state index contributed by atoms with van der Waals surface area (Å²) in [7, 11) is 1.87. The Morgan fingerprint density at radius 1 is 1.47 bits per heavy atom. The summed E-state index contributed by atoms with van der Waals surface area (Å²) in [5.74, 6) is -0.195. The molecule has 1 aromatic carbocycles. The summed E-state index contributed by atoms with van der Waals surface area (Å²) in [5.41, 5.74) is 1.33. The van der Waals surface area contributed by atoms with E-state index in [1.54, 1.807) is 6.26 Å². The van der Waals surface area contributed by atoms with Gasteiger partial charge in [0.05, 0.1) is 6.26 Å². The van der Waals surface area contributed by atoms with Gasteiger partial charge >= 0.3 is 0 Å². The number of fused-ring (bicyclic) bond motifs is 1. The van der Waals surface area contributed by atoms with Crippen LogP contribution in [0.1, 0.15) is 12.5 Å². The van der Waals surface area contributed by atoms with Gasteiger partial charge < -0.3 is 9.73 Å². The van der Waals surface area contributed by atoms with Crippen molar-refractivity contribution in [2.24, 2.45) is 0 Å². The summed E-state index contributed by atoms with van der Waals surface area (Å²) in [6, 6.07) is 5.42. The Bertz CT molecular complexity index is 464. The van der Waals surface area contributed by atoms with E-state index in [-0.39, 0.29) is 11.9 Å². The molecule has 1 heterocycles. The molecule has 1 N–H and O–H groups in total. The highest BCUT2D eigenvalue weighted by molar-refractivity contribution is 5.77. The third kappa shape index (κ3) is 2.02. The van der Waals surface area contributed by atoms with Crippen molar-refractivity contribution in [1.82, 2.24) is 5.32 Å². The van der Waals surface area contributed by atoms with E-state index in [4.69, 9.17) is 4.42 Å². The fourth-order valence-electron chi connectivity index (χ4n) is 1.62. The van der Waals surface area contributed by atoms with Crippen LogP contribution in [0, 0.1) is 5.82 Å². The van der Waals surface area contributed by atoms with Crippen molar-refractivity contribution in [2.75, 3.05) is 7.05 Å². The Labute approximate surface area is 88.1 Å². The van der Waals surface area contributed by atoms with Crippen LogP contribution in [0.2, 0.25) is 0 Å². The lowest BCUT2D eigenvalue weighted by Gasteiger charge is -2.10.